The van der Waals surface area contributed by atoms with Crippen LogP contribution in [0.2, 0.25) is 0 Å². The predicted molar refractivity (Wildman–Crippen MR) is 85.4 cm³/mol. The minimum atomic E-state index is -1.28. The minimum absolute atomic E-state index is 0.373. The summed E-state index contributed by atoms with van der Waals surface area (Å²) in [6, 6.07) is 18.0. The van der Waals surface area contributed by atoms with E-state index < -0.39 is 11.7 Å². The average Bonchev–Trinajstić information content (AvgIpc) is 2.53. The van der Waals surface area contributed by atoms with E-state index in [1.165, 1.54) is 6.07 Å². The van der Waals surface area contributed by atoms with Gasteiger partial charge >= 0.3 is 6.09 Å². The van der Waals surface area contributed by atoms with Gasteiger partial charge in [-0.1, -0.05) is 48.5 Å². The Balaban J connectivity index is 2.05. The van der Waals surface area contributed by atoms with E-state index in [0.717, 1.165) is 10.1 Å². The molecule has 3 rings (SSSR count). The highest BCUT2D eigenvalue weighted by Crippen LogP contribution is 2.21. The number of nitrogens with one attached hydrogen (secondary N) is 1. The number of nitrogens with zero attached hydrogens (tertiary/aromatic N) is 1. The SMILES string of the molecule is O=C(O)n1c(=O)cc(NCc2ccccc2)c2ccccc21. The molecule has 0 unspecified atom stereocenters. The topological polar surface area (TPSA) is 71.3 Å². The lowest BCUT2D eigenvalue weighted by Gasteiger charge is -2.12. The molecule has 0 spiro atoms. The quantitative estimate of drug-likeness (QED) is 0.778. The maximum absolute atomic E-state index is 12.0. The van der Waals surface area contributed by atoms with Gasteiger partial charge in [-0.25, -0.2) is 9.36 Å². The Morgan fingerprint density at radius 2 is 1.73 bits per heavy atom. The zero-order chi connectivity index (χ0) is 15.5. The third-order valence-electron chi connectivity index (χ3n) is 3.44. The number of anilines is 1. The van der Waals surface area contributed by atoms with Crippen LogP contribution in [0.3, 0.4) is 0 Å². The third kappa shape index (κ3) is 2.56. The van der Waals surface area contributed by atoms with Gasteiger partial charge in [0.05, 0.1) is 5.52 Å². The molecule has 5 heteroatoms. The molecule has 0 bridgehead atoms. The van der Waals surface area contributed by atoms with Crippen LogP contribution in [0.1, 0.15) is 5.56 Å². The van der Waals surface area contributed by atoms with Crippen molar-refractivity contribution in [3.05, 3.63) is 76.6 Å². The number of benzene rings is 2. The Labute approximate surface area is 126 Å². The number of hydrogen-bond acceptors (Lipinski definition) is 3. The number of fused-ring (bicyclic) bond motifs is 1. The number of aromatic nitrogens is 1. The summed E-state index contributed by atoms with van der Waals surface area (Å²) in [5, 5.41) is 13.1. The molecular formula is C17H14N2O3. The van der Waals surface area contributed by atoms with E-state index in [1.54, 1.807) is 18.2 Å². The molecule has 0 aliphatic heterocycles. The van der Waals surface area contributed by atoms with Gasteiger partial charge in [0.1, 0.15) is 0 Å². The van der Waals surface area contributed by atoms with E-state index in [2.05, 4.69) is 5.32 Å². The van der Waals surface area contributed by atoms with Gasteiger partial charge in [0.25, 0.3) is 5.56 Å². The fourth-order valence-corrected chi connectivity index (χ4v) is 2.42. The predicted octanol–water partition coefficient (Wildman–Crippen LogP) is 3.14. The Kier molecular flexibility index (Phi) is 3.62. The normalized spacial score (nSPS) is 10.5. The molecule has 2 aromatic carbocycles. The molecule has 2 N–H and O–H groups in total. The van der Waals surface area contributed by atoms with E-state index in [4.69, 9.17) is 0 Å². The standard InChI is InChI=1S/C17H14N2O3/c20-16-10-14(18-11-12-6-2-1-3-7-12)13-8-4-5-9-15(13)19(16)17(21)22/h1-10,18H,11H2,(H,21,22). The lowest BCUT2D eigenvalue weighted by Crippen LogP contribution is -2.26. The maximum atomic E-state index is 12.0. The van der Waals surface area contributed by atoms with Gasteiger partial charge in [0.2, 0.25) is 0 Å². The molecule has 0 amide bonds. The monoisotopic (exact) mass is 294 g/mol. The largest absolute Gasteiger partial charge is 0.464 e. The summed E-state index contributed by atoms with van der Waals surface area (Å²) in [6.07, 6.45) is -1.28. The molecule has 22 heavy (non-hydrogen) atoms. The van der Waals surface area contributed by atoms with Crippen molar-refractivity contribution in [2.45, 2.75) is 6.54 Å². The molecule has 0 aliphatic carbocycles. The highest BCUT2D eigenvalue weighted by atomic mass is 16.4. The summed E-state index contributed by atoms with van der Waals surface area (Å²) in [5.74, 6) is 0. The van der Waals surface area contributed by atoms with E-state index in [-0.39, 0.29) is 0 Å². The van der Waals surface area contributed by atoms with E-state index in [9.17, 15) is 14.7 Å². The molecule has 0 saturated carbocycles. The van der Waals surface area contributed by atoms with Crippen LogP contribution >= 0.6 is 0 Å². The van der Waals surface area contributed by atoms with Crippen molar-refractivity contribution in [1.82, 2.24) is 4.57 Å². The van der Waals surface area contributed by atoms with E-state index in [0.29, 0.717) is 23.1 Å². The first-order chi connectivity index (χ1) is 10.7. The molecule has 1 heterocycles. The lowest BCUT2D eigenvalue weighted by atomic mass is 10.1. The summed E-state index contributed by atoms with van der Waals surface area (Å²) in [5.41, 5.74) is 1.51. The molecule has 0 saturated heterocycles. The van der Waals surface area contributed by atoms with Crippen LogP contribution in [0.15, 0.2) is 65.5 Å². The van der Waals surface area contributed by atoms with Gasteiger partial charge in [0.15, 0.2) is 0 Å². The molecule has 3 aromatic rings. The van der Waals surface area contributed by atoms with Crippen LogP contribution in [0.4, 0.5) is 10.5 Å². The molecule has 5 nitrogen and oxygen atoms in total. The second kappa shape index (κ2) is 5.73. The molecule has 1 aromatic heterocycles. The lowest BCUT2D eigenvalue weighted by molar-refractivity contribution is 0.196. The van der Waals surface area contributed by atoms with Crippen LogP contribution in [-0.2, 0) is 6.54 Å². The third-order valence-corrected chi connectivity index (χ3v) is 3.44. The van der Waals surface area contributed by atoms with Gasteiger partial charge in [-0.15, -0.1) is 0 Å². The Morgan fingerprint density at radius 1 is 1.05 bits per heavy atom. The first-order valence-electron chi connectivity index (χ1n) is 6.83. The fourth-order valence-electron chi connectivity index (χ4n) is 2.42. The number of para-hydroxylation sites is 1. The fraction of sp³-hybridized carbons (Fsp3) is 0.0588. The van der Waals surface area contributed by atoms with Crippen LogP contribution in [-0.4, -0.2) is 15.8 Å². The Hall–Kier alpha value is -3.08. The second-order valence-electron chi connectivity index (χ2n) is 4.87. The van der Waals surface area contributed by atoms with Crippen molar-refractivity contribution >= 4 is 22.7 Å². The first-order valence-corrected chi connectivity index (χ1v) is 6.83. The summed E-state index contributed by atoms with van der Waals surface area (Å²) in [6.45, 7) is 0.557. The number of hydrogen-bond donors (Lipinski definition) is 2. The van der Waals surface area contributed by atoms with Crippen molar-refractivity contribution in [2.24, 2.45) is 0 Å². The summed E-state index contributed by atoms with van der Waals surface area (Å²) in [4.78, 5) is 23.3. The second-order valence-corrected chi connectivity index (χ2v) is 4.87. The van der Waals surface area contributed by atoms with Crippen LogP contribution in [0.5, 0.6) is 0 Å². The number of carboxylic acid groups (broad SMARTS) is 1. The van der Waals surface area contributed by atoms with Crippen LogP contribution in [0, 0.1) is 0 Å². The number of pyridine rings is 1. The number of carbonyl (C=O) groups is 1. The summed E-state index contributed by atoms with van der Waals surface area (Å²) in [7, 11) is 0. The van der Waals surface area contributed by atoms with Gasteiger partial charge in [-0.05, 0) is 11.6 Å². The summed E-state index contributed by atoms with van der Waals surface area (Å²) >= 11 is 0. The van der Waals surface area contributed by atoms with E-state index in [1.807, 2.05) is 36.4 Å². The van der Waals surface area contributed by atoms with Gasteiger partial charge in [-0.3, -0.25) is 4.79 Å². The van der Waals surface area contributed by atoms with Crippen molar-refractivity contribution in [1.29, 1.82) is 0 Å². The molecule has 0 aliphatic rings. The maximum Gasteiger partial charge on any atom is 0.419 e. The first kappa shape index (κ1) is 13.9. The zero-order valence-electron chi connectivity index (χ0n) is 11.7. The molecule has 110 valence electrons. The molecule has 0 fully saturated rings. The average molecular weight is 294 g/mol. The molecule has 0 atom stereocenters. The van der Waals surface area contributed by atoms with E-state index >= 15 is 0 Å². The highest BCUT2D eigenvalue weighted by molar-refractivity contribution is 5.95. The smallest absolute Gasteiger partial charge is 0.419 e. The summed E-state index contributed by atoms with van der Waals surface area (Å²) < 4.78 is 0.753. The van der Waals surface area contributed by atoms with Crippen molar-refractivity contribution in [2.75, 3.05) is 5.32 Å². The van der Waals surface area contributed by atoms with Gasteiger partial charge < -0.3 is 10.4 Å². The molecular weight excluding hydrogens is 280 g/mol. The molecule has 0 radical (unpaired) electrons. The number of rotatable bonds is 3. The highest BCUT2D eigenvalue weighted by Gasteiger charge is 2.12. The van der Waals surface area contributed by atoms with Crippen molar-refractivity contribution in [3.8, 4) is 0 Å². The van der Waals surface area contributed by atoms with Crippen molar-refractivity contribution in [3.63, 3.8) is 0 Å². The Bertz CT molecular complexity index is 885. The van der Waals surface area contributed by atoms with Crippen molar-refractivity contribution < 1.29 is 9.90 Å². The van der Waals surface area contributed by atoms with Gasteiger partial charge in [-0.2, -0.15) is 0 Å². The van der Waals surface area contributed by atoms with Gasteiger partial charge in [0, 0.05) is 23.7 Å². The van der Waals surface area contributed by atoms with Crippen LogP contribution in [0.25, 0.3) is 10.9 Å². The van der Waals surface area contributed by atoms with Crippen LogP contribution < -0.4 is 10.9 Å². The zero-order valence-corrected chi connectivity index (χ0v) is 11.7. The minimum Gasteiger partial charge on any atom is -0.464 e. The Morgan fingerprint density at radius 3 is 2.45 bits per heavy atom.